The first kappa shape index (κ1) is 26.8. The molecule has 6 rings (SSSR count). The molecule has 3 N–H and O–H groups in total. The van der Waals surface area contributed by atoms with E-state index < -0.39 is 6.03 Å². The van der Waals surface area contributed by atoms with Crippen LogP contribution in [0.15, 0.2) is 77.9 Å². The summed E-state index contributed by atoms with van der Waals surface area (Å²) >= 11 is 0. The number of H-pyrrole nitrogens is 1. The van der Waals surface area contributed by atoms with Gasteiger partial charge in [0.25, 0.3) is 0 Å². The lowest BCUT2D eigenvalue weighted by atomic mass is 9.92. The molecule has 0 bridgehead atoms. The van der Waals surface area contributed by atoms with Gasteiger partial charge in [-0.25, -0.2) is 19.3 Å². The van der Waals surface area contributed by atoms with Gasteiger partial charge in [0.15, 0.2) is 11.4 Å². The number of benzene rings is 2. The maximum Gasteiger partial charge on any atom is 0.327 e. The number of aryl methyl sites for hydroxylation is 2. The third kappa shape index (κ3) is 4.96. The van der Waals surface area contributed by atoms with Crippen LogP contribution in [0.2, 0.25) is 0 Å². The number of ether oxygens (including phenoxy) is 1. The highest BCUT2D eigenvalue weighted by atomic mass is 16.5. The highest BCUT2D eigenvalue weighted by molar-refractivity contribution is 6.06. The van der Waals surface area contributed by atoms with Crippen LogP contribution < -0.4 is 21.1 Å². The average molecular weight is 563 g/mol. The Balaban J connectivity index is 1.31. The molecule has 0 aliphatic rings. The van der Waals surface area contributed by atoms with Crippen LogP contribution in [0.25, 0.3) is 27.8 Å². The molecule has 4 heterocycles. The highest BCUT2D eigenvalue weighted by Crippen LogP contribution is 2.35. The predicted molar refractivity (Wildman–Crippen MR) is 163 cm³/mol. The van der Waals surface area contributed by atoms with E-state index in [0.29, 0.717) is 45.1 Å². The Morgan fingerprint density at radius 2 is 1.74 bits per heavy atom. The van der Waals surface area contributed by atoms with E-state index in [9.17, 15) is 9.59 Å². The molecule has 212 valence electrons. The van der Waals surface area contributed by atoms with Crippen LogP contribution >= 0.6 is 0 Å². The van der Waals surface area contributed by atoms with Gasteiger partial charge >= 0.3 is 11.7 Å². The van der Waals surface area contributed by atoms with Crippen molar-refractivity contribution in [1.82, 2.24) is 29.3 Å². The Kier molecular flexibility index (Phi) is 6.49. The van der Waals surface area contributed by atoms with Gasteiger partial charge in [0.05, 0.1) is 22.6 Å². The lowest BCUT2D eigenvalue weighted by Crippen LogP contribution is -2.21. The molecule has 0 saturated carbocycles. The molecule has 2 amide bonds. The summed E-state index contributed by atoms with van der Waals surface area (Å²) in [5, 5.41) is 11.4. The fourth-order valence-corrected chi connectivity index (χ4v) is 4.67. The van der Waals surface area contributed by atoms with Crippen molar-refractivity contribution < 1.29 is 9.53 Å². The first-order chi connectivity index (χ1) is 20.1. The van der Waals surface area contributed by atoms with Crippen LogP contribution in [0.1, 0.15) is 32.0 Å². The fraction of sp³-hybridized carbons (Fsp3) is 0.194. The number of carbonyl (C=O) groups excluding carboxylic acids is 1. The van der Waals surface area contributed by atoms with Gasteiger partial charge in [-0.2, -0.15) is 5.10 Å². The Morgan fingerprint density at radius 3 is 2.50 bits per heavy atom. The number of pyridine rings is 2. The van der Waals surface area contributed by atoms with Crippen LogP contribution in [0.3, 0.4) is 0 Å². The first-order valence-corrected chi connectivity index (χ1v) is 13.4. The second-order valence-corrected chi connectivity index (χ2v) is 11.1. The van der Waals surface area contributed by atoms with Crippen LogP contribution in [-0.4, -0.2) is 35.3 Å². The molecule has 6 aromatic rings. The highest BCUT2D eigenvalue weighted by Gasteiger charge is 2.22. The predicted octanol–water partition coefficient (Wildman–Crippen LogP) is 6.04. The topological polar surface area (TPSA) is 132 Å². The number of fused-ring (bicyclic) bond motifs is 2. The van der Waals surface area contributed by atoms with Gasteiger partial charge in [0.1, 0.15) is 17.1 Å². The summed E-state index contributed by atoms with van der Waals surface area (Å²) in [5.41, 5.74) is 4.32. The van der Waals surface area contributed by atoms with E-state index >= 15 is 0 Å². The Bertz CT molecular complexity index is 2010. The van der Waals surface area contributed by atoms with Gasteiger partial charge in [-0.3, -0.25) is 19.9 Å². The van der Waals surface area contributed by atoms with E-state index in [1.807, 2.05) is 43.3 Å². The summed E-state index contributed by atoms with van der Waals surface area (Å²) in [6.45, 7) is 8.25. The molecule has 0 aliphatic heterocycles. The standard InChI is InChI=1S/C31H30N8O3/c1-18-8-10-19(11-9-18)39-25(17-24(37-39)31(2,3)4)35-29(40)34-21-12-13-22(20-7-6-15-32-26(20)21)42-23-14-16-33-28-27(23)38(5)30(41)36-28/h6-17H,1-5H3,(H,33,36,41)(H2,34,35,40). The van der Waals surface area contributed by atoms with Gasteiger partial charge < -0.3 is 10.1 Å². The number of amides is 2. The number of nitrogens with one attached hydrogen (secondary N) is 3. The monoisotopic (exact) mass is 562 g/mol. The molecule has 0 radical (unpaired) electrons. The molecule has 0 unspecified atom stereocenters. The number of urea groups is 1. The van der Waals surface area contributed by atoms with E-state index in [4.69, 9.17) is 9.84 Å². The van der Waals surface area contributed by atoms with Crippen LogP contribution in [0.5, 0.6) is 11.5 Å². The minimum atomic E-state index is -0.442. The Morgan fingerprint density at radius 1 is 0.952 bits per heavy atom. The van der Waals surface area contributed by atoms with Crippen molar-refractivity contribution in [2.24, 2.45) is 7.05 Å². The minimum absolute atomic E-state index is 0.216. The zero-order valence-electron chi connectivity index (χ0n) is 23.9. The average Bonchev–Trinajstić information content (AvgIpc) is 3.51. The largest absolute Gasteiger partial charge is 0.454 e. The maximum atomic E-state index is 13.3. The number of anilines is 2. The maximum absolute atomic E-state index is 13.3. The molecule has 0 saturated heterocycles. The van der Waals surface area contributed by atoms with Crippen LogP contribution in [-0.2, 0) is 12.5 Å². The molecule has 0 spiro atoms. The molecular weight excluding hydrogens is 532 g/mol. The number of carbonyl (C=O) groups is 1. The van der Waals surface area contributed by atoms with Crippen molar-refractivity contribution in [3.05, 3.63) is 94.8 Å². The Hall–Kier alpha value is -5.45. The smallest absolute Gasteiger partial charge is 0.327 e. The van der Waals surface area contributed by atoms with Crippen molar-refractivity contribution in [3.8, 4) is 17.2 Å². The fourth-order valence-electron chi connectivity index (χ4n) is 4.67. The second-order valence-electron chi connectivity index (χ2n) is 11.1. The second kappa shape index (κ2) is 10.2. The number of aromatic amines is 1. The van der Waals surface area contributed by atoms with Gasteiger partial charge in [-0.1, -0.05) is 38.5 Å². The lowest BCUT2D eigenvalue weighted by molar-refractivity contribution is 0.262. The number of aromatic nitrogens is 6. The van der Waals surface area contributed by atoms with E-state index in [2.05, 4.69) is 46.4 Å². The van der Waals surface area contributed by atoms with Crippen LogP contribution in [0, 0.1) is 6.92 Å². The van der Waals surface area contributed by atoms with E-state index in [1.165, 1.54) is 4.57 Å². The summed E-state index contributed by atoms with van der Waals surface area (Å²) in [6.07, 6.45) is 3.22. The number of nitrogens with zero attached hydrogens (tertiary/aromatic N) is 5. The van der Waals surface area contributed by atoms with Crippen LogP contribution in [0.4, 0.5) is 16.3 Å². The quantitative estimate of drug-likeness (QED) is 0.235. The van der Waals surface area contributed by atoms with E-state index in [1.54, 1.807) is 48.4 Å². The molecule has 0 fully saturated rings. The van der Waals surface area contributed by atoms with E-state index in [0.717, 1.165) is 16.9 Å². The summed E-state index contributed by atoms with van der Waals surface area (Å²) in [5.74, 6) is 1.51. The molecule has 4 aromatic heterocycles. The summed E-state index contributed by atoms with van der Waals surface area (Å²) in [7, 11) is 1.65. The summed E-state index contributed by atoms with van der Waals surface area (Å²) in [4.78, 5) is 36.9. The third-order valence-electron chi connectivity index (χ3n) is 6.95. The normalized spacial score (nSPS) is 11.6. The van der Waals surface area contributed by atoms with Gasteiger partial charge in [0, 0.05) is 42.4 Å². The number of rotatable bonds is 5. The molecule has 2 aromatic carbocycles. The molecular formula is C31H30N8O3. The SMILES string of the molecule is Cc1ccc(-n2nc(C(C)(C)C)cc2NC(=O)Nc2ccc(Oc3ccnc4[nH]c(=O)n(C)c34)c3cccnc23)cc1. The lowest BCUT2D eigenvalue weighted by Gasteiger charge is -2.14. The van der Waals surface area contributed by atoms with Crippen molar-refractivity contribution in [2.75, 3.05) is 10.6 Å². The number of imidazole rings is 1. The van der Waals surface area contributed by atoms with Gasteiger partial charge in [-0.05, 0) is 43.3 Å². The zero-order valence-corrected chi connectivity index (χ0v) is 23.9. The minimum Gasteiger partial charge on any atom is -0.454 e. The molecule has 42 heavy (non-hydrogen) atoms. The Labute approximate surface area is 241 Å². The van der Waals surface area contributed by atoms with Crippen molar-refractivity contribution in [1.29, 1.82) is 0 Å². The van der Waals surface area contributed by atoms with Crippen molar-refractivity contribution in [2.45, 2.75) is 33.1 Å². The number of hydrogen-bond acceptors (Lipinski definition) is 6. The molecule has 11 heteroatoms. The summed E-state index contributed by atoms with van der Waals surface area (Å²) in [6, 6.07) is 18.2. The molecule has 11 nitrogen and oxygen atoms in total. The van der Waals surface area contributed by atoms with Gasteiger partial charge in [0.2, 0.25) is 0 Å². The van der Waals surface area contributed by atoms with Crippen molar-refractivity contribution >= 4 is 39.6 Å². The first-order valence-electron chi connectivity index (χ1n) is 13.4. The zero-order chi connectivity index (χ0) is 29.6. The van der Waals surface area contributed by atoms with E-state index in [-0.39, 0.29) is 11.1 Å². The molecule has 0 atom stereocenters. The third-order valence-corrected chi connectivity index (χ3v) is 6.95. The van der Waals surface area contributed by atoms with Crippen molar-refractivity contribution in [3.63, 3.8) is 0 Å². The molecule has 0 aliphatic carbocycles. The summed E-state index contributed by atoms with van der Waals surface area (Å²) < 4.78 is 9.44. The van der Waals surface area contributed by atoms with Gasteiger partial charge in [-0.15, -0.1) is 0 Å². The number of hydrogen-bond donors (Lipinski definition) is 3.